The first-order valence-electron chi connectivity index (χ1n) is 6.33. The molecule has 17 heavy (non-hydrogen) atoms. The average Bonchev–Trinajstić information content (AvgIpc) is 2.61. The van der Waals surface area contributed by atoms with E-state index in [1.54, 1.807) is 11.3 Å². The number of nitrogens with two attached hydrogens (primary N) is 1. The molecule has 4 heteroatoms. The largest absolute Gasteiger partial charge is 0.348 e. The standard InChI is InChI=1S/C13H20N2OS/c1-9(8-14)15-13(16)12-7-10-5-3-2-4-6-11(10)17-12/h7,9H,2-6,8,14H2,1H3,(H,15,16)/t9-/m0/s1. The summed E-state index contributed by atoms with van der Waals surface area (Å²) in [5.41, 5.74) is 6.89. The molecule has 1 aromatic heterocycles. The predicted octanol–water partition coefficient (Wildman–Crippen LogP) is 2.09. The topological polar surface area (TPSA) is 55.1 Å². The molecule has 1 amide bonds. The molecular formula is C13H20N2OS. The van der Waals surface area contributed by atoms with Crippen LogP contribution in [0.3, 0.4) is 0 Å². The van der Waals surface area contributed by atoms with Crippen LogP contribution in [0, 0.1) is 0 Å². The third-order valence-corrected chi connectivity index (χ3v) is 4.44. The van der Waals surface area contributed by atoms with E-state index in [0.717, 1.165) is 17.7 Å². The summed E-state index contributed by atoms with van der Waals surface area (Å²) >= 11 is 1.66. The minimum Gasteiger partial charge on any atom is -0.348 e. The van der Waals surface area contributed by atoms with Gasteiger partial charge in [0.15, 0.2) is 0 Å². The lowest BCUT2D eigenvalue weighted by molar-refractivity contribution is 0.0945. The first-order chi connectivity index (χ1) is 8.20. The Kier molecular flexibility index (Phi) is 4.18. The molecular weight excluding hydrogens is 232 g/mol. The predicted molar refractivity (Wildman–Crippen MR) is 71.6 cm³/mol. The molecule has 1 aromatic rings. The van der Waals surface area contributed by atoms with Crippen molar-refractivity contribution < 1.29 is 4.79 Å². The Balaban J connectivity index is 2.09. The van der Waals surface area contributed by atoms with Gasteiger partial charge in [0, 0.05) is 17.5 Å². The Morgan fingerprint density at radius 2 is 2.24 bits per heavy atom. The monoisotopic (exact) mass is 252 g/mol. The second-order valence-electron chi connectivity index (χ2n) is 4.73. The van der Waals surface area contributed by atoms with Crippen LogP contribution in [0.2, 0.25) is 0 Å². The number of amides is 1. The van der Waals surface area contributed by atoms with Gasteiger partial charge in [-0.05, 0) is 44.2 Å². The zero-order valence-corrected chi connectivity index (χ0v) is 11.1. The number of thiophene rings is 1. The Morgan fingerprint density at radius 1 is 1.47 bits per heavy atom. The molecule has 0 aliphatic heterocycles. The fraction of sp³-hybridized carbons (Fsp3) is 0.615. The summed E-state index contributed by atoms with van der Waals surface area (Å²) in [6, 6.07) is 2.12. The minimum atomic E-state index is 0.0287. The molecule has 0 bridgehead atoms. The van der Waals surface area contributed by atoms with Gasteiger partial charge in [-0.25, -0.2) is 0 Å². The van der Waals surface area contributed by atoms with Crippen LogP contribution in [0.15, 0.2) is 6.07 Å². The van der Waals surface area contributed by atoms with Gasteiger partial charge >= 0.3 is 0 Å². The molecule has 0 radical (unpaired) electrons. The molecule has 0 saturated heterocycles. The molecule has 2 rings (SSSR count). The summed E-state index contributed by atoms with van der Waals surface area (Å²) in [6.45, 7) is 2.41. The van der Waals surface area contributed by atoms with Crippen molar-refractivity contribution in [1.29, 1.82) is 0 Å². The summed E-state index contributed by atoms with van der Waals surface area (Å²) in [5.74, 6) is 0.0287. The van der Waals surface area contributed by atoms with Crippen molar-refractivity contribution >= 4 is 17.2 Å². The van der Waals surface area contributed by atoms with Crippen molar-refractivity contribution in [3.8, 4) is 0 Å². The number of aryl methyl sites for hydroxylation is 2. The van der Waals surface area contributed by atoms with Gasteiger partial charge in [-0.15, -0.1) is 11.3 Å². The zero-order valence-electron chi connectivity index (χ0n) is 10.3. The molecule has 1 heterocycles. The third kappa shape index (κ3) is 3.07. The van der Waals surface area contributed by atoms with Crippen LogP contribution in [0.25, 0.3) is 0 Å². The maximum atomic E-state index is 12.0. The van der Waals surface area contributed by atoms with Crippen molar-refractivity contribution in [3.63, 3.8) is 0 Å². The van der Waals surface area contributed by atoms with Crippen LogP contribution < -0.4 is 11.1 Å². The molecule has 3 nitrogen and oxygen atoms in total. The Bertz CT molecular complexity index is 377. The maximum Gasteiger partial charge on any atom is 0.261 e. The number of nitrogens with one attached hydrogen (secondary N) is 1. The van der Waals surface area contributed by atoms with E-state index in [0.29, 0.717) is 6.54 Å². The normalized spacial score (nSPS) is 17.1. The van der Waals surface area contributed by atoms with Crippen LogP contribution in [-0.2, 0) is 12.8 Å². The fourth-order valence-electron chi connectivity index (χ4n) is 2.13. The number of carbonyl (C=O) groups is 1. The Morgan fingerprint density at radius 3 is 3.00 bits per heavy atom. The van der Waals surface area contributed by atoms with Crippen molar-refractivity contribution in [2.75, 3.05) is 6.54 Å². The molecule has 94 valence electrons. The van der Waals surface area contributed by atoms with E-state index < -0.39 is 0 Å². The van der Waals surface area contributed by atoms with E-state index >= 15 is 0 Å². The molecule has 0 unspecified atom stereocenters. The highest BCUT2D eigenvalue weighted by atomic mass is 32.1. The fourth-order valence-corrected chi connectivity index (χ4v) is 3.29. The lowest BCUT2D eigenvalue weighted by Gasteiger charge is -2.09. The lowest BCUT2D eigenvalue weighted by Crippen LogP contribution is -2.37. The molecule has 1 aliphatic rings. The molecule has 1 aliphatic carbocycles. The van der Waals surface area contributed by atoms with Crippen LogP contribution in [0.1, 0.15) is 46.3 Å². The highest BCUT2D eigenvalue weighted by molar-refractivity contribution is 7.14. The van der Waals surface area contributed by atoms with Gasteiger partial charge in [0.1, 0.15) is 0 Å². The number of fused-ring (bicyclic) bond motifs is 1. The summed E-state index contributed by atoms with van der Waals surface area (Å²) in [5, 5.41) is 2.92. The van der Waals surface area contributed by atoms with E-state index in [4.69, 9.17) is 5.73 Å². The van der Waals surface area contributed by atoms with Gasteiger partial charge in [-0.3, -0.25) is 4.79 Å². The molecule has 0 aromatic carbocycles. The van der Waals surface area contributed by atoms with Gasteiger partial charge in [0.05, 0.1) is 4.88 Å². The van der Waals surface area contributed by atoms with Crippen molar-refractivity contribution in [3.05, 3.63) is 21.4 Å². The van der Waals surface area contributed by atoms with Crippen LogP contribution in [0.5, 0.6) is 0 Å². The second kappa shape index (κ2) is 5.65. The molecule has 0 saturated carbocycles. The Labute approximate surface area is 106 Å². The van der Waals surface area contributed by atoms with E-state index in [2.05, 4.69) is 11.4 Å². The van der Waals surface area contributed by atoms with Gasteiger partial charge in [-0.2, -0.15) is 0 Å². The van der Waals surface area contributed by atoms with Gasteiger partial charge < -0.3 is 11.1 Å². The molecule has 3 N–H and O–H groups in total. The van der Waals surface area contributed by atoms with E-state index in [1.165, 1.54) is 29.7 Å². The van der Waals surface area contributed by atoms with Crippen LogP contribution in [0.4, 0.5) is 0 Å². The lowest BCUT2D eigenvalue weighted by atomic mass is 10.1. The number of hydrogen-bond acceptors (Lipinski definition) is 3. The number of carbonyl (C=O) groups excluding carboxylic acids is 1. The van der Waals surface area contributed by atoms with E-state index in [9.17, 15) is 4.79 Å². The molecule has 0 spiro atoms. The summed E-state index contributed by atoms with van der Waals surface area (Å²) in [6.07, 6.45) is 6.09. The highest BCUT2D eigenvalue weighted by Gasteiger charge is 2.17. The zero-order chi connectivity index (χ0) is 12.3. The maximum absolute atomic E-state index is 12.0. The first kappa shape index (κ1) is 12.6. The minimum absolute atomic E-state index is 0.0287. The summed E-state index contributed by atoms with van der Waals surface area (Å²) in [7, 11) is 0. The highest BCUT2D eigenvalue weighted by Crippen LogP contribution is 2.28. The van der Waals surface area contributed by atoms with Crippen molar-refractivity contribution in [2.24, 2.45) is 5.73 Å². The average molecular weight is 252 g/mol. The number of rotatable bonds is 3. The van der Waals surface area contributed by atoms with Gasteiger partial charge in [0.2, 0.25) is 0 Å². The quantitative estimate of drug-likeness (QED) is 0.809. The van der Waals surface area contributed by atoms with Crippen molar-refractivity contribution in [2.45, 2.75) is 45.1 Å². The SMILES string of the molecule is C[C@@H](CN)NC(=O)c1cc2c(s1)CCCCC2. The van der Waals surface area contributed by atoms with E-state index in [-0.39, 0.29) is 11.9 Å². The van der Waals surface area contributed by atoms with Gasteiger partial charge in [-0.1, -0.05) is 6.42 Å². The third-order valence-electron chi connectivity index (χ3n) is 3.20. The molecule has 0 fully saturated rings. The second-order valence-corrected chi connectivity index (χ2v) is 5.87. The number of hydrogen-bond donors (Lipinski definition) is 2. The van der Waals surface area contributed by atoms with E-state index in [1.807, 2.05) is 6.92 Å². The van der Waals surface area contributed by atoms with Crippen LogP contribution >= 0.6 is 11.3 Å². The van der Waals surface area contributed by atoms with Gasteiger partial charge in [0.25, 0.3) is 5.91 Å². The summed E-state index contributed by atoms with van der Waals surface area (Å²) in [4.78, 5) is 14.2. The smallest absolute Gasteiger partial charge is 0.261 e. The van der Waals surface area contributed by atoms with Crippen molar-refractivity contribution in [1.82, 2.24) is 5.32 Å². The first-order valence-corrected chi connectivity index (χ1v) is 7.15. The summed E-state index contributed by atoms with van der Waals surface area (Å²) < 4.78 is 0. The van der Waals surface area contributed by atoms with Crippen LogP contribution in [-0.4, -0.2) is 18.5 Å². The molecule has 1 atom stereocenters. The Hall–Kier alpha value is -0.870.